The molecule has 0 amide bonds. The summed E-state index contributed by atoms with van der Waals surface area (Å²) in [5.74, 6) is 1.32. The number of aldehydes is 1. The lowest BCUT2D eigenvalue weighted by Crippen LogP contribution is -2.33. The second-order valence-corrected chi connectivity index (χ2v) is 5.95. The summed E-state index contributed by atoms with van der Waals surface area (Å²) >= 11 is 0. The number of hydrogen-bond donors (Lipinski definition) is 0. The minimum atomic E-state index is -0.361. The fourth-order valence-electron chi connectivity index (χ4n) is 2.91. The smallest absolute Gasteiger partial charge is 0.293 e. The van der Waals surface area contributed by atoms with Crippen LogP contribution in [0.1, 0.15) is 30.3 Å². The van der Waals surface area contributed by atoms with Crippen molar-refractivity contribution < 1.29 is 14.1 Å². The zero-order valence-corrected chi connectivity index (χ0v) is 12.9. The first-order valence-corrected chi connectivity index (χ1v) is 7.67. The van der Waals surface area contributed by atoms with Gasteiger partial charge in [0.15, 0.2) is 12.0 Å². The number of carbonyl (C=O) groups excluding carboxylic acids is 1. The molecule has 0 radical (unpaired) electrons. The number of nitro benzene ring substituents is 1. The molecule has 0 saturated carbocycles. The van der Waals surface area contributed by atoms with Crippen LogP contribution in [0.2, 0.25) is 0 Å². The molecule has 1 aromatic carbocycles. The predicted octanol–water partition coefficient (Wildman–Crippen LogP) is 3.90. The van der Waals surface area contributed by atoms with E-state index in [1.807, 2.05) is 0 Å². The lowest BCUT2D eigenvalue weighted by molar-refractivity contribution is -0.384. The van der Waals surface area contributed by atoms with Crippen LogP contribution in [0, 0.1) is 16.0 Å². The fourth-order valence-corrected chi connectivity index (χ4v) is 2.91. The molecule has 0 atom stereocenters. The van der Waals surface area contributed by atoms with Gasteiger partial charge in [0, 0.05) is 24.7 Å². The van der Waals surface area contributed by atoms with Crippen LogP contribution in [-0.2, 0) is 0 Å². The molecular formula is C17H18N2O4. The third-order valence-corrected chi connectivity index (χ3v) is 4.32. The molecule has 1 aliphatic heterocycles. The molecule has 0 aliphatic carbocycles. The van der Waals surface area contributed by atoms with Crippen LogP contribution >= 0.6 is 0 Å². The Kier molecular flexibility index (Phi) is 4.14. The van der Waals surface area contributed by atoms with Crippen molar-refractivity contribution in [2.75, 3.05) is 18.0 Å². The van der Waals surface area contributed by atoms with Crippen molar-refractivity contribution in [1.82, 2.24) is 0 Å². The largest absolute Gasteiger partial charge is 0.453 e. The van der Waals surface area contributed by atoms with Gasteiger partial charge in [0.2, 0.25) is 0 Å². The summed E-state index contributed by atoms with van der Waals surface area (Å²) in [6.45, 7) is 3.87. The molecule has 2 heterocycles. The number of nitro groups is 1. The van der Waals surface area contributed by atoms with E-state index < -0.39 is 0 Å². The molecule has 6 heteroatoms. The van der Waals surface area contributed by atoms with Crippen molar-refractivity contribution >= 4 is 17.7 Å². The minimum Gasteiger partial charge on any atom is -0.453 e. The average molecular weight is 314 g/mol. The number of benzene rings is 1. The van der Waals surface area contributed by atoms with Crippen molar-refractivity contribution in [3.05, 3.63) is 46.2 Å². The molecule has 1 aromatic heterocycles. The Morgan fingerprint density at radius 1 is 1.26 bits per heavy atom. The van der Waals surface area contributed by atoms with Crippen LogP contribution in [0.15, 0.2) is 34.7 Å². The van der Waals surface area contributed by atoms with Gasteiger partial charge in [-0.15, -0.1) is 0 Å². The van der Waals surface area contributed by atoms with E-state index in [1.165, 1.54) is 6.07 Å². The maximum atomic E-state index is 11.5. The fraction of sp³-hybridized carbons (Fsp3) is 0.353. The molecule has 0 N–H and O–H groups in total. The van der Waals surface area contributed by atoms with Crippen LogP contribution in [0.4, 0.5) is 11.4 Å². The molecule has 0 spiro atoms. The van der Waals surface area contributed by atoms with Crippen LogP contribution in [-0.4, -0.2) is 24.3 Å². The molecular weight excluding hydrogens is 296 g/mol. The number of nitrogens with zero attached hydrogens (tertiary/aromatic N) is 2. The van der Waals surface area contributed by atoms with Gasteiger partial charge in [-0.05, 0) is 43.0 Å². The number of piperidine rings is 1. The van der Waals surface area contributed by atoms with Gasteiger partial charge in [-0.25, -0.2) is 0 Å². The van der Waals surface area contributed by atoms with E-state index in [0.29, 0.717) is 29.2 Å². The van der Waals surface area contributed by atoms with E-state index in [4.69, 9.17) is 4.42 Å². The number of carbonyl (C=O) groups is 1. The Hall–Kier alpha value is -2.63. The van der Waals surface area contributed by atoms with E-state index in [2.05, 4.69) is 11.8 Å². The minimum absolute atomic E-state index is 0.0705. The zero-order chi connectivity index (χ0) is 16.4. The van der Waals surface area contributed by atoms with E-state index in [9.17, 15) is 14.9 Å². The molecule has 6 nitrogen and oxygen atoms in total. The van der Waals surface area contributed by atoms with E-state index in [0.717, 1.165) is 25.9 Å². The molecule has 120 valence electrons. The van der Waals surface area contributed by atoms with Crippen LogP contribution in [0.25, 0.3) is 11.3 Å². The van der Waals surface area contributed by atoms with Crippen molar-refractivity contribution in [2.24, 2.45) is 5.92 Å². The second kappa shape index (κ2) is 6.24. The second-order valence-electron chi connectivity index (χ2n) is 5.95. The van der Waals surface area contributed by atoms with Gasteiger partial charge >= 0.3 is 0 Å². The first-order valence-electron chi connectivity index (χ1n) is 7.67. The third-order valence-electron chi connectivity index (χ3n) is 4.32. The number of hydrogen-bond acceptors (Lipinski definition) is 5. The van der Waals surface area contributed by atoms with Crippen LogP contribution < -0.4 is 4.90 Å². The van der Waals surface area contributed by atoms with E-state index in [-0.39, 0.29) is 16.4 Å². The Morgan fingerprint density at radius 3 is 2.61 bits per heavy atom. The normalized spacial score (nSPS) is 15.6. The van der Waals surface area contributed by atoms with Crippen molar-refractivity contribution in [2.45, 2.75) is 19.8 Å². The van der Waals surface area contributed by atoms with Crippen molar-refractivity contribution in [3.63, 3.8) is 0 Å². The molecule has 1 fully saturated rings. The van der Waals surface area contributed by atoms with Gasteiger partial charge in [-0.2, -0.15) is 0 Å². The summed E-state index contributed by atoms with van der Waals surface area (Å²) in [6, 6.07) is 8.28. The highest BCUT2D eigenvalue weighted by atomic mass is 16.6. The predicted molar refractivity (Wildman–Crippen MR) is 86.8 cm³/mol. The third kappa shape index (κ3) is 3.11. The number of furan rings is 1. The summed E-state index contributed by atoms with van der Waals surface area (Å²) in [4.78, 5) is 23.9. The summed E-state index contributed by atoms with van der Waals surface area (Å²) in [6.07, 6.45) is 2.70. The average Bonchev–Trinajstić information content (AvgIpc) is 3.04. The summed E-state index contributed by atoms with van der Waals surface area (Å²) in [7, 11) is 0. The molecule has 0 bridgehead atoms. The van der Waals surface area contributed by atoms with Gasteiger partial charge in [0.1, 0.15) is 11.4 Å². The number of rotatable bonds is 4. The lowest BCUT2D eigenvalue weighted by atomic mass is 9.98. The quantitative estimate of drug-likeness (QED) is 0.486. The lowest BCUT2D eigenvalue weighted by Gasteiger charge is -2.31. The monoisotopic (exact) mass is 314 g/mol. The Morgan fingerprint density at radius 2 is 2.00 bits per heavy atom. The van der Waals surface area contributed by atoms with Crippen LogP contribution in [0.3, 0.4) is 0 Å². The topological polar surface area (TPSA) is 76.6 Å². The van der Waals surface area contributed by atoms with Gasteiger partial charge in [0.25, 0.3) is 5.69 Å². The Bertz CT molecular complexity index is 730. The van der Waals surface area contributed by atoms with Crippen molar-refractivity contribution in [1.29, 1.82) is 0 Å². The van der Waals surface area contributed by atoms with Gasteiger partial charge in [-0.1, -0.05) is 6.92 Å². The maximum absolute atomic E-state index is 11.5. The standard InChI is InChI=1S/C17H18N2O4/c1-12-6-8-18(9-7-12)15-4-2-13(10-16(15)19(21)22)17-5-3-14(11-20)23-17/h2-5,10-12H,6-9H2,1H3. The van der Waals surface area contributed by atoms with Gasteiger partial charge in [0.05, 0.1) is 4.92 Å². The highest BCUT2D eigenvalue weighted by Gasteiger charge is 2.24. The maximum Gasteiger partial charge on any atom is 0.293 e. The summed E-state index contributed by atoms with van der Waals surface area (Å²) in [5.41, 5.74) is 1.31. The van der Waals surface area contributed by atoms with Crippen molar-refractivity contribution in [3.8, 4) is 11.3 Å². The molecule has 23 heavy (non-hydrogen) atoms. The van der Waals surface area contributed by atoms with Gasteiger partial charge < -0.3 is 9.32 Å². The first kappa shape index (κ1) is 15.3. The van der Waals surface area contributed by atoms with Crippen LogP contribution in [0.5, 0.6) is 0 Å². The highest BCUT2D eigenvalue weighted by molar-refractivity contribution is 5.75. The molecule has 1 saturated heterocycles. The molecule has 3 rings (SSSR count). The summed E-state index contributed by atoms with van der Waals surface area (Å²) in [5, 5.41) is 11.5. The first-order chi connectivity index (χ1) is 11.1. The summed E-state index contributed by atoms with van der Waals surface area (Å²) < 4.78 is 5.35. The molecule has 1 aliphatic rings. The number of anilines is 1. The van der Waals surface area contributed by atoms with Gasteiger partial charge in [-0.3, -0.25) is 14.9 Å². The highest BCUT2D eigenvalue weighted by Crippen LogP contribution is 2.35. The Labute approximate surface area is 133 Å². The Balaban J connectivity index is 1.95. The zero-order valence-electron chi connectivity index (χ0n) is 12.9. The van der Waals surface area contributed by atoms with E-state index >= 15 is 0 Å². The SMILES string of the molecule is CC1CCN(c2ccc(-c3ccc(C=O)o3)cc2[N+](=O)[O-])CC1. The molecule has 2 aromatic rings. The molecule has 0 unspecified atom stereocenters. The van der Waals surface area contributed by atoms with E-state index in [1.54, 1.807) is 24.3 Å².